The summed E-state index contributed by atoms with van der Waals surface area (Å²) in [5.41, 5.74) is 10.3. The molecular weight excluding hydrogens is 562 g/mol. The number of hydrogen-bond donors (Lipinski definition) is 1. The lowest BCUT2D eigenvalue weighted by molar-refractivity contribution is -0.133. The number of carbonyl (C=O) groups is 2. The highest BCUT2D eigenvalue weighted by molar-refractivity contribution is 5.90. The van der Waals surface area contributed by atoms with Gasteiger partial charge in [0.2, 0.25) is 11.8 Å². The van der Waals surface area contributed by atoms with Gasteiger partial charge in [-0.3, -0.25) is 4.79 Å². The molecule has 1 N–H and O–H groups in total. The molecule has 1 saturated heterocycles. The van der Waals surface area contributed by atoms with Crippen molar-refractivity contribution in [3.63, 3.8) is 0 Å². The van der Waals surface area contributed by atoms with Crippen LogP contribution >= 0.6 is 0 Å². The number of piperidine rings is 1. The third-order valence-corrected chi connectivity index (χ3v) is 10.2. The first kappa shape index (κ1) is 29.3. The van der Waals surface area contributed by atoms with Gasteiger partial charge in [0.1, 0.15) is 5.56 Å². The van der Waals surface area contributed by atoms with Gasteiger partial charge >= 0.3 is 5.97 Å². The number of ether oxygens (including phenoxy) is 1. The fraction of sp³-hybridized carbons (Fsp3) is 0.395. The number of rotatable bonds is 9. The number of aryl methyl sites for hydroxylation is 2. The Hall–Kier alpha value is -4.39. The average molecular weight is 604 g/mol. The third-order valence-electron chi connectivity index (χ3n) is 10.2. The van der Waals surface area contributed by atoms with Gasteiger partial charge in [0, 0.05) is 19.0 Å². The van der Waals surface area contributed by atoms with Gasteiger partial charge in [-0.25, -0.2) is 9.48 Å². The number of hydrogen-bond acceptors (Lipinski definition) is 4. The second-order valence-corrected chi connectivity index (χ2v) is 12.9. The molecule has 1 aliphatic heterocycles. The van der Waals surface area contributed by atoms with Gasteiger partial charge in [0.15, 0.2) is 0 Å². The Morgan fingerprint density at radius 1 is 0.978 bits per heavy atom. The molecule has 0 radical (unpaired) electrons. The van der Waals surface area contributed by atoms with Crippen LogP contribution in [0.5, 0.6) is 5.88 Å². The lowest BCUT2D eigenvalue weighted by Crippen LogP contribution is -2.38. The van der Waals surface area contributed by atoms with Crippen LogP contribution in [-0.4, -0.2) is 51.9 Å². The normalized spacial score (nSPS) is 18.2. The molecule has 1 aromatic heterocycles. The van der Waals surface area contributed by atoms with Crippen LogP contribution in [0.1, 0.15) is 89.0 Å². The zero-order chi connectivity index (χ0) is 31.1. The van der Waals surface area contributed by atoms with Gasteiger partial charge in [-0.15, -0.1) is 0 Å². The summed E-state index contributed by atoms with van der Waals surface area (Å²) in [6.45, 7) is 4.04. The van der Waals surface area contributed by atoms with Crippen LogP contribution in [0, 0.1) is 5.92 Å². The number of carboxylic acid groups (broad SMARTS) is 1. The Kier molecular flexibility index (Phi) is 7.94. The van der Waals surface area contributed by atoms with E-state index in [0.717, 1.165) is 75.7 Å². The minimum absolute atomic E-state index is 0.0372. The number of amides is 1. The van der Waals surface area contributed by atoms with Crippen LogP contribution < -0.4 is 4.74 Å². The third kappa shape index (κ3) is 5.65. The molecule has 45 heavy (non-hydrogen) atoms. The largest absolute Gasteiger partial charge is 0.480 e. The van der Waals surface area contributed by atoms with Gasteiger partial charge < -0.3 is 14.7 Å². The number of aromatic carboxylic acids is 1. The minimum atomic E-state index is -1.07. The van der Waals surface area contributed by atoms with E-state index >= 15 is 0 Å². The molecule has 232 valence electrons. The molecule has 1 saturated carbocycles. The van der Waals surface area contributed by atoms with Gasteiger partial charge in [-0.2, -0.15) is 5.10 Å². The Balaban J connectivity index is 1.12. The Bertz CT molecular complexity index is 1750. The van der Waals surface area contributed by atoms with E-state index in [4.69, 9.17) is 4.74 Å². The number of carbonyl (C=O) groups excluding carboxylic acids is 1. The van der Waals surface area contributed by atoms with Crippen LogP contribution in [0.4, 0.5) is 0 Å². The molecule has 3 aliphatic rings. The highest BCUT2D eigenvalue weighted by atomic mass is 16.5. The molecule has 4 aromatic rings. The fourth-order valence-electron chi connectivity index (χ4n) is 7.69. The summed E-state index contributed by atoms with van der Waals surface area (Å²) in [5, 5.41) is 13.9. The van der Waals surface area contributed by atoms with Crippen molar-refractivity contribution in [2.75, 3.05) is 20.2 Å². The van der Waals surface area contributed by atoms with Crippen LogP contribution in [-0.2, 0) is 24.1 Å². The molecule has 7 nitrogen and oxygen atoms in total. The van der Waals surface area contributed by atoms with Crippen molar-refractivity contribution in [3.05, 3.63) is 100 Å². The summed E-state index contributed by atoms with van der Waals surface area (Å²) in [4.78, 5) is 26.4. The fourth-order valence-corrected chi connectivity index (χ4v) is 7.69. The lowest BCUT2D eigenvalue weighted by atomic mass is 9.83. The maximum absolute atomic E-state index is 12.6. The van der Waals surface area contributed by atoms with Crippen molar-refractivity contribution < 1.29 is 19.4 Å². The quantitative estimate of drug-likeness (QED) is 0.219. The monoisotopic (exact) mass is 603 g/mol. The highest BCUT2D eigenvalue weighted by Gasteiger charge is 2.35. The number of benzene rings is 3. The molecule has 2 aliphatic carbocycles. The maximum Gasteiger partial charge on any atom is 0.342 e. The summed E-state index contributed by atoms with van der Waals surface area (Å²) in [6.07, 6.45) is 9.82. The standard InChI is InChI=1S/C38H41N3O4/c1-3-25-20-24(10-15-32(25)26-16-18-40(19-17-26)36(42)28-12-13-28)21-30-14-11-27-6-5-9-33(35(27)30)29-7-4-8-31(22-29)41-37(45-2)34(23-39-41)38(43)44/h4-10,15,20,22-23,26,28,30H,3,11-14,16-19,21H2,1-2H3,(H,43,44)/t30-/m1/s1. The van der Waals surface area contributed by atoms with E-state index in [-0.39, 0.29) is 11.4 Å². The van der Waals surface area contributed by atoms with E-state index in [2.05, 4.69) is 65.5 Å². The molecule has 7 heteroatoms. The van der Waals surface area contributed by atoms with Crippen LogP contribution in [0.3, 0.4) is 0 Å². The Morgan fingerprint density at radius 2 is 1.78 bits per heavy atom. The Labute approximate surface area is 264 Å². The van der Waals surface area contributed by atoms with E-state index in [1.807, 2.05) is 12.1 Å². The molecule has 0 unspecified atom stereocenters. The molecular formula is C38H41N3O4. The summed E-state index contributed by atoms with van der Waals surface area (Å²) >= 11 is 0. The van der Waals surface area contributed by atoms with Crippen LogP contribution in [0.25, 0.3) is 16.8 Å². The van der Waals surface area contributed by atoms with E-state index in [1.165, 1.54) is 46.7 Å². The Morgan fingerprint density at radius 3 is 2.51 bits per heavy atom. The summed E-state index contributed by atoms with van der Waals surface area (Å²) in [7, 11) is 1.47. The average Bonchev–Trinajstić information content (AvgIpc) is 3.70. The van der Waals surface area contributed by atoms with E-state index in [0.29, 0.717) is 23.7 Å². The van der Waals surface area contributed by atoms with Gasteiger partial charge in [0.25, 0.3) is 0 Å². The van der Waals surface area contributed by atoms with Crippen molar-refractivity contribution in [2.45, 2.75) is 70.1 Å². The maximum atomic E-state index is 12.6. The van der Waals surface area contributed by atoms with E-state index < -0.39 is 5.97 Å². The van der Waals surface area contributed by atoms with Crippen LogP contribution in [0.15, 0.2) is 66.9 Å². The number of methoxy groups -OCH3 is 1. The first-order valence-electron chi connectivity index (χ1n) is 16.4. The molecule has 0 bridgehead atoms. The number of fused-ring (bicyclic) bond motifs is 1. The minimum Gasteiger partial charge on any atom is -0.480 e. The molecule has 2 fully saturated rings. The molecule has 1 atom stereocenters. The van der Waals surface area contributed by atoms with Gasteiger partial charge in [0.05, 0.1) is 19.0 Å². The predicted molar refractivity (Wildman–Crippen MR) is 174 cm³/mol. The zero-order valence-corrected chi connectivity index (χ0v) is 26.2. The zero-order valence-electron chi connectivity index (χ0n) is 26.2. The SMILES string of the molecule is CCc1cc(C[C@H]2CCc3cccc(-c4cccc(-n5ncc(C(=O)O)c5OC)c4)c32)ccc1C1CCN(C(=O)C2CC2)CC1. The second-order valence-electron chi connectivity index (χ2n) is 12.9. The highest BCUT2D eigenvalue weighted by Crippen LogP contribution is 2.43. The smallest absolute Gasteiger partial charge is 0.342 e. The molecule has 2 heterocycles. The molecule has 7 rings (SSSR count). The van der Waals surface area contributed by atoms with Crippen molar-refractivity contribution in [3.8, 4) is 22.7 Å². The van der Waals surface area contributed by atoms with Crippen molar-refractivity contribution in [2.24, 2.45) is 5.92 Å². The summed E-state index contributed by atoms with van der Waals surface area (Å²) in [6, 6.07) is 21.9. The second kappa shape index (κ2) is 12.2. The van der Waals surface area contributed by atoms with Crippen molar-refractivity contribution in [1.82, 2.24) is 14.7 Å². The molecule has 0 spiro atoms. The summed E-state index contributed by atoms with van der Waals surface area (Å²) in [5.74, 6) is 0.791. The van der Waals surface area contributed by atoms with Crippen molar-refractivity contribution >= 4 is 11.9 Å². The lowest BCUT2D eigenvalue weighted by Gasteiger charge is -2.33. The number of nitrogens with zero attached hydrogens (tertiary/aromatic N) is 3. The first-order valence-corrected chi connectivity index (χ1v) is 16.4. The van der Waals surface area contributed by atoms with Gasteiger partial charge in [-0.05, 0) is 114 Å². The first-order chi connectivity index (χ1) is 21.9. The number of carboxylic acids is 1. The number of likely N-dealkylation sites (tertiary alicyclic amines) is 1. The number of aromatic nitrogens is 2. The molecule has 3 aromatic carbocycles. The van der Waals surface area contributed by atoms with Crippen molar-refractivity contribution in [1.29, 1.82) is 0 Å². The van der Waals surface area contributed by atoms with Gasteiger partial charge in [-0.1, -0.05) is 55.5 Å². The summed E-state index contributed by atoms with van der Waals surface area (Å²) < 4.78 is 6.98. The molecule has 1 amide bonds. The van der Waals surface area contributed by atoms with E-state index in [9.17, 15) is 14.7 Å². The van der Waals surface area contributed by atoms with Crippen LogP contribution in [0.2, 0.25) is 0 Å². The topological polar surface area (TPSA) is 84.7 Å². The van der Waals surface area contributed by atoms with E-state index in [1.54, 1.807) is 4.68 Å². The predicted octanol–water partition coefficient (Wildman–Crippen LogP) is 7.20.